The van der Waals surface area contributed by atoms with Crippen molar-refractivity contribution < 1.29 is 9.59 Å². The number of aryl methyl sites for hydroxylation is 1. The molecular weight excluding hydrogens is 387 g/mol. The van der Waals surface area contributed by atoms with Crippen LogP contribution in [0.15, 0.2) is 36.5 Å². The van der Waals surface area contributed by atoms with Crippen LogP contribution in [0.25, 0.3) is 0 Å². The minimum Gasteiger partial charge on any atom is -0.368 e. The number of aromatic nitrogens is 1. The van der Waals surface area contributed by atoms with Crippen molar-refractivity contribution in [1.29, 1.82) is 0 Å². The zero-order valence-electron chi connectivity index (χ0n) is 14.9. The summed E-state index contributed by atoms with van der Waals surface area (Å²) in [5.41, 5.74) is 2.44. The van der Waals surface area contributed by atoms with E-state index in [0.29, 0.717) is 23.1 Å². The van der Waals surface area contributed by atoms with E-state index >= 15 is 0 Å². The van der Waals surface area contributed by atoms with E-state index < -0.39 is 5.91 Å². The molecule has 2 heterocycles. The van der Waals surface area contributed by atoms with Crippen LogP contribution in [0.2, 0.25) is 10.0 Å². The number of piperazine rings is 1. The fourth-order valence-corrected chi connectivity index (χ4v) is 3.33. The number of nitrogens with one attached hydrogen (secondary N) is 1. The Hall–Kier alpha value is -2.31. The molecule has 1 aromatic heterocycles. The molecule has 0 spiro atoms. The van der Waals surface area contributed by atoms with Crippen LogP contribution in [0.1, 0.15) is 16.1 Å². The zero-order valence-corrected chi connectivity index (χ0v) is 16.4. The normalized spacial score (nSPS) is 14.2. The van der Waals surface area contributed by atoms with Gasteiger partial charge in [0, 0.05) is 48.1 Å². The number of pyridine rings is 1. The maximum absolute atomic E-state index is 12.4. The van der Waals surface area contributed by atoms with Crippen molar-refractivity contribution in [3.05, 3.63) is 57.8 Å². The molecule has 8 heteroatoms. The Bertz CT molecular complexity index is 851. The zero-order chi connectivity index (χ0) is 19.4. The first-order valence-electron chi connectivity index (χ1n) is 8.62. The molecule has 1 aliphatic rings. The smallest absolute Gasteiger partial charge is 0.270 e. The number of benzene rings is 1. The first kappa shape index (κ1) is 19.5. The summed E-state index contributed by atoms with van der Waals surface area (Å²) >= 11 is 12.0. The van der Waals surface area contributed by atoms with Crippen LogP contribution in [-0.2, 0) is 4.79 Å². The number of amides is 2. The van der Waals surface area contributed by atoms with E-state index in [9.17, 15) is 9.59 Å². The second-order valence-electron chi connectivity index (χ2n) is 6.34. The molecule has 1 aliphatic heterocycles. The molecule has 1 aromatic carbocycles. The van der Waals surface area contributed by atoms with E-state index in [1.807, 2.05) is 25.1 Å². The van der Waals surface area contributed by atoms with Gasteiger partial charge in [-0.2, -0.15) is 0 Å². The van der Waals surface area contributed by atoms with Gasteiger partial charge in [0.25, 0.3) is 5.91 Å². The molecule has 6 nitrogen and oxygen atoms in total. The summed E-state index contributed by atoms with van der Waals surface area (Å²) in [6, 6.07) is 8.87. The van der Waals surface area contributed by atoms with Crippen molar-refractivity contribution in [2.45, 2.75) is 6.92 Å². The fraction of sp³-hybridized carbons (Fsp3) is 0.316. The standard InChI is InChI=1S/C19H20Cl2N4O2/c1-13-2-3-14(20)11-17(13)24-6-8-25(9-7-24)18(26)12-23-19(27)16-10-15(21)4-5-22-16/h2-5,10-11H,6-9,12H2,1H3,(H,23,27). The Kier molecular flexibility index (Phi) is 6.19. The first-order chi connectivity index (χ1) is 12.9. The van der Waals surface area contributed by atoms with Crippen LogP contribution in [0.4, 0.5) is 5.69 Å². The third kappa shape index (κ3) is 4.90. The molecule has 0 aliphatic carbocycles. The van der Waals surface area contributed by atoms with E-state index in [-0.39, 0.29) is 18.1 Å². The summed E-state index contributed by atoms with van der Waals surface area (Å²) in [7, 11) is 0. The Morgan fingerprint density at radius 2 is 1.78 bits per heavy atom. The second kappa shape index (κ2) is 8.59. The van der Waals surface area contributed by atoms with Gasteiger partial charge in [0.15, 0.2) is 0 Å². The van der Waals surface area contributed by atoms with Gasteiger partial charge in [-0.15, -0.1) is 0 Å². The molecule has 3 rings (SSSR count). The quantitative estimate of drug-likeness (QED) is 0.847. The second-order valence-corrected chi connectivity index (χ2v) is 7.21. The van der Waals surface area contributed by atoms with Crippen molar-refractivity contribution >= 4 is 40.7 Å². The van der Waals surface area contributed by atoms with Crippen LogP contribution in [0.5, 0.6) is 0 Å². The molecule has 1 N–H and O–H groups in total. The molecule has 0 radical (unpaired) electrons. The highest BCUT2D eigenvalue weighted by Gasteiger charge is 2.22. The topological polar surface area (TPSA) is 65.5 Å². The minimum absolute atomic E-state index is 0.0663. The monoisotopic (exact) mass is 406 g/mol. The lowest BCUT2D eigenvalue weighted by atomic mass is 10.1. The molecule has 0 unspecified atom stereocenters. The number of carbonyl (C=O) groups excluding carboxylic acids is 2. The average molecular weight is 407 g/mol. The summed E-state index contributed by atoms with van der Waals surface area (Å²) < 4.78 is 0. The number of nitrogens with zero attached hydrogens (tertiary/aromatic N) is 3. The number of hydrogen-bond donors (Lipinski definition) is 1. The highest BCUT2D eigenvalue weighted by Crippen LogP contribution is 2.25. The van der Waals surface area contributed by atoms with Crippen molar-refractivity contribution in [2.24, 2.45) is 0 Å². The third-order valence-corrected chi connectivity index (χ3v) is 4.97. The molecule has 0 bridgehead atoms. The number of hydrogen-bond acceptors (Lipinski definition) is 4. The number of rotatable bonds is 4. The largest absolute Gasteiger partial charge is 0.368 e. The van der Waals surface area contributed by atoms with Gasteiger partial charge >= 0.3 is 0 Å². The maximum Gasteiger partial charge on any atom is 0.270 e. The Balaban J connectivity index is 1.51. The lowest BCUT2D eigenvalue weighted by Crippen LogP contribution is -2.51. The molecule has 0 atom stereocenters. The van der Waals surface area contributed by atoms with Crippen molar-refractivity contribution in [1.82, 2.24) is 15.2 Å². The van der Waals surface area contributed by atoms with E-state index in [4.69, 9.17) is 23.2 Å². The molecule has 0 saturated carbocycles. The van der Waals surface area contributed by atoms with Crippen LogP contribution < -0.4 is 10.2 Å². The van der Waals surface area contributed by atoms with Crippen LogP contribution >= 0.6 is 23.2 Å². The van der Waals surface area contributed by atoms with E-state index in [1.54, 1.807) is 11.0 Å². The van der Waals surface area contributed by atoms with Crippen molar-refractivity contribution in [2.75, 3.05) is 37.6 Å². The summed E-state index contributed by atoms with van der Waals surface area (Å²) in [6.45, 7) is 4.60. The van der Waals surface area contributed by atoms with Crippen molar-refractivity contribution in [3.8, 4) is 0 Å². The molecule has 2 amide bonds. The van der Waals surface area contributed by atoms with E-state index in [0.717, 1.165) is 24.3 Å². The van der Waals surface area contributed by atoms with Gasteiger partial charge < -0.3 is 15.1 Å². The molecule has 142 valence electrons. The van der Waals surface area contributed by atoms with E-state index in [2.05, 4.69) is 15.2 Å². The first-order valence-corrected chi connectivity index (χ1v) is 9.38. The number of halogens is 2. The average Bonchev–Trinajstić information content (AvgIpc) is 2.68. The Labute approximate surface area is 168 Å². The van der Waals surface area contributed by atoms with Crippen LogP contribution in [0.3, 0.4) is 0 Å². The van der Waals surface area contributed by atoms with Gasteiger partial charge in [-0.1, -0.05) is 29.3 Å². The Morgan fingerprint density at radius 3 is 2.48 bits per heavy atom. The Morgan fingerprint density at radius 1 is 1.07 bits per heavy atom. The van der Waals surface area contributed by atoms with Gasteiger partial charge in [-0.3, -0.25) is 14.6 Å². The van der Waals surface area contributed by atoms with Crippen LogP contribution in [0, 0.1) is 6.92 Å². The minimum atomic E-state index is -0.418. The SMILES string of the molecule is Cc1ccc(Cl)cc1N1CCN(C(=O)CNC(=O)c2cc(Cl)ccn2)CC1. The van der Waals surface area contributed by atoms with Gasteiger partial charge in [-0.25, -0.2) is 0 Å². The molecule has 1 fully saturated rings. The lowest BCUT2D eigenvalue weighted by molar-refractivity contribution is -0.130. The molecular formula is C19H20Cl2N4O2. The summed E-state index contributed by atoms with van der Waals surface area (Å²) in [6.07, 6.45) is 1.45. The number of anilines is 1. The predicted octanol–water partition coefficient (Wildman–Crippen LogP) is 2.78. The fourth-order valence-electron chi connectivity index (χ4n) is 3.01. The number of carbonyl (C=O) groups is 2. The maximum atomic E-state index is 12.4. The molecule has 27 heavy (non-hydrogen) atoms. The summed E-state index contributed by atoms with van der Waals surface area (Å²) in [4.78, 5) is 32.4. The lowest BCUT2D eigenvalue weighted by Gasteiger charge is -2.37. The highest BCUT2D eigenvalue weighted by molar-refractivity contribution is 6.31. The van der Waals surface area contributed by atoms with E-state index in [1.165, 1.54) is 12.3 Å². The van der Waals surface area contributed by atoms with Gasteiger partial charge in [0.05, 0.1) is 6.54 Å². The third-order valence-electron chi connectivity index (χ3n) is 4.50. The molecule has 2 aromatic rings. The highest BCUT2D eigenvalue weighted by atomic mass is 35.5. The van der Waals surface area contributed by atoms with Crippen molar-refractivity contribution in [3.63, 3.8) is 0 Å². The molecule has 1 saturated heterocycles. The van der Waals surface area contributed by atoms with Crippen LogP contribution in [-0.4, -0.2) is 54.4 Å². The summed E-state index contributed by atoms with van der Waals surface area (Å²) in [5, 5.41) is 3.73. The predicted molar refractivity (Wildman–Crippen MR) is 107 cm³/mol. The van der Waals surface area contributed by atoms with Gasteiger partial charge in [0.1, 0.15) is 5.69 Å². The summed E-state index contributed by atoms with van der Waals surface area (Å²) in [5.74, 6) is -0.535. The van der Waals surface area contributed by atoms with Gasteiger partial charge in [-0.05, 0) is 36.8 Å². The van der Waals surface area contributed by atoms with Gasteiger partial charge in [0.2, 0.25) is 5.91 Å².